The molecule has 4 heteroatoms. The van der Waals surface area contributed by atoms with Gasteiger partial charge >= 0.3 is 0 Å². The molecule has 2 aromatic carbocycles. The Labute approximate surface area is 140 Å². The fourth-order valence-electron chi connectivity index (χ4n) is 4.30. The molecular formula is C20H19N3O. The summed E-state index contributed by atoms with van der Waals surface area (Å²) in [5, 5.41) is 7.93. The van der Waals surface area contributed by atoms with Crippen molar-refractivity contribution < 1.29 is 4.79 Å². The number of amides is 1. The summed E-state index contributed by atoms with van der Waals surface area (Å²) in [5.74, 6) is 0.00487. The van der Waals surface area contributed by atoms with Crippen LogP contribution in [0.5, 0.6) is 0 Å². The molecule has 2 aliphatic rings. The van der Waals surface area contributed by atoms with Gasteiger partial charge in [-0.3, -0.25) is 10.1 Å². The van der Waals surface area contributed by atoms with E-state index in [0.29, 0.717) is 0 Å². The van der Waals surface area contributed by atoms with Crippen LogP contribution in [0.3, 0.4) is 0 Å². The third kappa shape index (κ3) is 1.64. The van der Waals surface area contributed by atoms with E-state index in [0.717, 1.165) is 35.3 Å². The number of carbonyl (C=O) groups excluding carboxylic acids is 1. The molecular weight excluding hydrogens is 298 g/mol. The van der Waals surface area contributed by atoms with Crippen molar-refractivity contribution in [2.24, 2.45) is 0 Å². The van der Waals surface area contributed by atoms with Gasteiger partial charge in [0.1, 0.15) is 0 Å². The summed E-state index contributed by atoms with van der Waals surface area (Å²) in [6, 6.07) is 16.6. The van der Waals surface area contributed by atoms with Gasteiger partial charge in [0, 0.05) is 28.2 Å². The molecule has 120 valence electrons. The van der Waals surface area contributed by atoms with Crippen LogP contribution in [0.4, 0.5) is 5.69 Å². The SMILES string of the molecule is CC1CCc2c([nH]c3ccccc23)C2(N1)C(=O)Nc1ccccc12. The number of aryl methyl sites for hydroxylation is 1. The largest absolute Gasteiger partial charge is 0.356 e. The van der Waals surface area contributed by atoms with Crippen LogP contribution in [0.2, 0.25) is 0 Å². The molecule has 2 unspecified atom stereocenters. The molecule has 3 N–H and O–H groups in total. The minimum atomic E-state index is -0.832. The summed E-state index contributed by atoms with van der Waals surface area (Å²) in [6.45, 7) is 2.16. The highest BCUT2D eigenvalue weighted by Crippen LogP contribution is 2.45. The molecule has 0 radical (unpaired) electrons. The lowest BCUT2D eigenvalue weighted by Crippen LogP contribution is -2.52. The normalized spacial score (nSPS) is 25.4. The van der Waals surface area contributed by atoms with Crippen LogP contribution in [0.15, 0.2) is 48.5 Å². The first-order valence-corrected chi connectivity index (χ1v) is 8.49. The molecule has 1 spiro atoms. The summed E-state index contributed by atoms with van der Waals surface area (Å²) < 4.78 is 0. The Kier molecular flexibility index (Phi) is 2.71. The summed E-state index contributed by atoms with van der Waals surface area (Å²) >= 11 is 0. The molecule has 0 saturated heterocycles. The highest BCUT2D eigenvalue weighted by molar-refractivity contribution is 6.09. The Hall–Kier alpha value is -2.59. The third-order valence-electron chi connectivity index (χ3n) is 5.40. The lowest BCUT2D eigenvalue weighted by Gasteiger charge is -2.30. The van der Waals surface area contributed by atoms with Gasteiger partial charge in [-0.15, -0.1) is 0 Å². The molecule has 0 saturated carbocycles. The molecule has 1 amide bonds. The van der Waals surface area contributed by atoms with Crippen LogP contribution < -0.4 is 10.6 Å². The first-order chi connectivity index (χ1) is 11.7. The summed E-state index contributed by atoms with van der Waals surface area (Å²) in [5.41, 5.74) is 4.42. The Balaban J connectivity index is 1.88. The minimum absolute atomic E-state index is 0.00487. The summed E-state index contributed by atoms with van der Waals surface area (Å²) in [6.07, 6.45) is 1.97. The summed E-state index contributed by atoms with van der Waals surface area (Å²) in [4.78, 5) is 16.7. The maximum Gasteiger partial charge on any atom is 0.255 e. The lowest BCUT2D eigenvalue weighted by atomic mass is 9.85. The number of fused-ring (bicyclic) bond motifs is 6. The van der Waals surface area contributed by atoms with E-state index in [4.69, 9.17) is 0 Å². The van der Waals surface area contributed by atoms with E-state index in [9.17, 15) is 4.79 Å². The monoisotopic (exact) mass is 317 g/mol. The maximum atomic E-state index is 13.2. The predicted octanol–water partition coefficient (Wildman–Crippen LogP) is 3.29. The number of carbonyl (C=O) groups is 1. The van der Waals surface area contributed by atoms with E-state index in [1.165, 1.54) is 10.9 Å². The smallest absolute Gasteiger partial charge is 0.255 e. The van der Waals surface area contributed by atoms with Gasteiger partial charge in [0.25, 0.3) is 5.91 Å². The van der Waals surface area contributed by atoms with E-state index >= 15 is 0 Å². The average Bonchev–Trinajstić information content (AvgIpc) is 3.04. The van der Waals surface area contributed by atoms with Crippen molar-refractivity contribution in [1.82, 2.24) is 10.3 Å². The van der Waals surface area contributed by atoms with Gasteiger partial charge in [0.15, 0.2) is 5.54 Å². The highest BCUT2D eigenvalue weighted by atomic mass is 16.2. The first-order valence-electron chi connectivity index (χ1n) is 8.49. The van der Waals surface area contributed by atoms with Gasteiger partial charge in [0.2, 0.25) is 0 Å². The van der Waals surface area contributed by atoms with Crippen molar-refractivity contribution in [2.75, 3.05) is 5.32 Å². The lowest BCUT2D eigenvalue weighted by molar-refractivity contribution is -0.120. The maximum absolute atomic E-state index is 13.2. The quantitative estimate of drug-likeness (QED) is 0.596. The second-order valence-corrected chi connectivity index (χ2v) is 6.86. The van der Waals surface area contributed by atoms with Gasteiger partial charge < -0.3 is 10.3 Å². The number of benzene rings is 2. The zero-order valence-electron chi connectivity index (χ0n) is 13.5. The van der Waals surface area contributed by atoms with Gasteiger partial charge in [-0.05, 0) is 37.5 Å². The standard InChI is InChI=1S/C20H19N3O/c1-12-10-11-14-13-6-2-4-8-16(13)21-18(14)20(23-12)15-7-3-5-9-17(15)22-19(20)24/h2-9,12,21,23H,10-11H2,1H3,(H,22,24). The average molecular weight is 317 g/mol. The Bertz CT molecular complexity index is 974. The van der Waals surface area contributed by atoms with Gasteiger partial charge in [-0.1, -0.05) is 36.4 Å². The molecule has 0 fully saturated rings. The van der Waals surface area contributed by atoms with Crippen molar-refractivity contribution in [3.63, 3.8) is 0 Å². The molecule has 3 heterocycles. The van der Waals surface area contributed by atoms with E-state index in [-0.39, 0.29) is 11.9 Å². The molecule has 4 nitrogen and oxygen atoms in total. The van der Waals surface area contributed by atoms with E-state index in [2.05, 4.69) is 40.7 Å². The molecule has 2 atom stereocenters. The topological polar surface area (TPSA) is 56.9 Å². The number of rotatable bonds is 0. The van der Waals surface area contributed by atoms with Gasteiger partial charge in [-0.25, -0.2) is 0 Å². The molecule has 3 aromatic rings. The number of hydrogen-bond donors (Lipinski definition) is 3. The van der Waals surface area contributed by atoms with Crippen molar-refractivity contribution in [2.45, 2.75) is 31.3 Å². The van der Waals surface area contributed by atoms with Gasteiger partial charge in [0.05, 0.1) is 5.69 Å². The Morgan fingerprint density at radius 2 is 1.88 bits per heavy atom. The van der Waals surface area contributed by atoms with Crippen LogP contribution in [0.1, 0.15) is 30.2 Å². The zero-order chi connectivity index (χ0) is 16.3. The number of anilines is 1. The first kappa shape index (κ1) is 13.8. The molecule has 0 aliphatic carbocycles. The fraction of sp³-hybridized carbons (Fsp3) is 0.250. The van der Waals surface area contributed by atoms with Crippen LogP contribution in [0, 0.1) is 0 Å². The van der Waals surface area contributed by atoms with E-state index in [1.807, 2.05) is 30.3 Å². The molecule has 5 rings (SSSR count). The zero-order valence-corrected chi connectivity index (χ0v) is 13.5. The van der Waals surface area contributed by atoms with Crippen molar-refractivity contribution in [3.8, 4) is 0 Å². The molecule has 0 bridgehead atoms. The second kappa shape index (κ2) is 4.71. The van der Waals surface area contributed by atoms with E-state index in [1.54, 1.807) is 0 Å². The molecule has 2 aliphatic heterocycles. The molecule has 1 aromatic heterocycles. The Morgan fingerprint density at radius 3 is 2.79 bits per heavy atom. The van der Waals surface area contributed by atoms with Crippen molar-refractivity contribution >= 4 is 22.5 Å². The van der Waals surface area contributed by atoms with E-state index < -0.39 is 5.54 Å². The predicted molar refractivity (Wildman–Crippen MR) is 95.1 cm³/mol. The third-order valence-corrected chi connectivity index (χ3v) is 5.40. The summed E-state index contributed by atoms with van der Waals surface area (Å²) in [7, 11) is 0. The number of para-hydroxylation sites is 2. The second-order valence-electron chi connectivity index (χ2n) is 6.86. The molecule has 24 heavy (non-hydrogen) atoms. The number of H-pyrrole nitrogens is 1. The van der Waals surface area contributed by atoms with Crippen LogP contribution >= 0.6 is 0 Å². The minimum Gasteiger partial charge on any atom is -0.356 e. The van der Waals surface area contributed by atoms with Gasteiger partial charge in [-0.2, -0.15) is 0 Å². The Morgan fingerprint density at radius 1 is 1.08 bits per heavy atom. The fourth-order valence-corrected chi connectivity index (χ4v) is 4.30. The number of aromatic nitrogens is 1. The van der Waals surface area contributed by atoms with Crippen molar-refractivity contribution in [3.05, 3.63) is 65.4 Å². The number of nitrogens with one attached hydrogen (secondary N) is 3. The van der Waals surface area contributed by atoms with Crippen LogP contribution in [0.25, 0.3) is 10.9 Å². The van der Waals surface area contributed by atoms with Crippen LogP contribution in [-0.2, 0) is 16.8 Å². The van der Waals surface area contributed by atoms with Crippen LogP contribution in [-0.4, -0.2) is 16.9 Å². The van der Waals surface area contributed by atoms with Crippen molar-refractivity contribution in [1.29, 1.82) is 0 Å². The highest BCUT2D eigenvalue weighted by Gasteiger charge is 2.52. The number of hydrogen-bond acceptors (Lipinski definition) is 2. The number of aromatic amines is 1.